The number of ether oxygens (including phenoxy) is 1. The van der Waals surface area contributed by atoms with E-state index in [9.17, 15) is 0 Å². The molecule has 0 aromatic rings. The van der Waals surface area contributed by atoms with E-state index in [4.69, 9.17) is 4.74 Å². The minimum Gasteiger partial charge on any atom is -0.381 e. The average Bonchev–Trinajstić information content (AvgIpc) is 3.22. The van der Waals surface area contributed by atoms with Crippen LogP contribution in [0.2, 0.25) is 0 Å². The maximum absolute atomic E-state index is 5.40. The Morgan fingerprint density at radius 2 is 1.89 bits per heavy atom. The van der Waals surface area contributed by atoms with Gasteiger partial charge in [0, 0.05) is 40.4 Å². The molecule has 2 aliphatic rings. The van der Waals surface area contributed by atoms with Gasteiger partial charge in [-0.1, -0.05) is 0 Å². The normalized spacial score (nSPS) is 20.8. The van der Waals surface area contributed by atoms with Crippen LogP contribution in [0.1, 0.15) is 32.1 Å². The van der Waals surface area contributed by atoms with Gasteiger partial charge in [-0.05, 0) is 43.9 Å². The first kappa shape index (κ1) is 17.0. The molecule has 2 rings (SSSR count). The van der Waals surface area contributed by atoms with Crippen LogP contribution in [-0.2, 0) is 4.74 Å². The average molecular weight is 381 g/mol. The first-order valence-electron chi connectivity index (χ1n) is 7.29. The van der Waals surface area contributed by atoms with Gasteiger partial charge in [-0.25, -0.2) is 0 Å². The third kappa shape index (κ3) is 6.29. The summed E-state index contributed by atoms with van der Waals surface area (Å²) in [4.78, 5) is 6.62. The second-order valence-corrected chi connectivity index (χ2v) is 5.64. The van der Waals surface area contributed by atoms with Gasteiger partial charge < -0.3 is 15.0 Å². The molecule has 0 aromatic carbocycles. The summed E-state index contributed by atoms with van der Waals surface area (Å²) in [5.74, 6) is 2.78. The fraction of sp³-hybridized carbons (Fsp3) is 0.929. The highest BCUT2D eigenvalue weighted by Gasteiger charge is 2.22. The Bertz CT molecular complexity index is 276. The van der Waals surface area contributed by atoms with Crippen LogP contribution in [0.25, 0.3) is 0 Å². The van der Waals surface area contributed by atoms with Crippen LogP contribution in [0.3, 0.4) is 0 Å². The van der Waals surface area contributed by atoms with Gasteiger partial charge in [0.1, 0.15) is 0 Å². The van der Waals surface area contributed by atoms with Crippen molar-refractivity contribution in [3.8, 4) is 0 Å². The molecule has 0 bridgehead atoms. The molecule has 1 saturated heterocycles. The van der Waals surface area contributed by atoms with Crippen molar-refractivity contribution in [2.45, 2.75) is 32.1 Å². The molecule has 0 amide bonds. The lowest BCUT2D eigenvalue weighted by Gasteiger charge is -2.26. The van der Waals surface area contributed by atoms with Gasteiger partial charge in [-0.3, -0.25) is 4.99 Å². The van der Waals surface area contributed by atoms with Crippen LogP contribution >= 0.6 is 24.0 Å². The smallest absolute Gasteiger partial charge is 0.193 e. The number of hydrogen-bond donors (Lipinski definition) is 1. The molecule has 0 radical (unpaired) electrons. The van der Waals surface area contributed by atoms with Crippen LogP contribution in [0.5, 0.6) is 0 Å². The largest absolute Gasteiger partial charge is 0.381 e. The molecule has 0 aromatic heterocycles. The highest BCUT2D eigenvalue weighted by atomic mass is 127. The van der Waals surface area contributed by atoms with Crippen molar-refractivity contribution < 1.29 is 4.74 Å². The van der Waals surface area contributed by atoms with Crippen LogP contribution in [0.15, 0.2) is 4.99 Å². The quantitative estimate of drug-likeness (QED) is 0.451. The molecule has 4 nitrogen and oxygen atoms in total. The Morgan fingerprint density at radius 1 is 1.21 bits per heavy atom. The molecule has 1 aliphatic carbocycles. The van der Waals surface area contributed by atoms with E-state index in [0.29, 0.717) is 0 Å². The first-order valence-corrected chi connectivity index (χ1v) is 7.29. The second-order valence-electron chi connectivity index (χ2n) is 5.64. The van der Waals surface area contributed by atoms with E-state index < -0.39 is 0 Å². The lowest BCUT2D eigenvalue weighted by molar-refractivity contribution is 0.0625. The van der Waals surface area contributed by atoms with E-state index in [2.05, 4.69) is 22.3 Å². The summed E-state index contributed by atoms with van der Waals surface area (Å²) >= 11 is 0. The third-order valence-electron chi connectivity index (χ3n) is 4.03. The number of rotatable bonds is 5. The second kappa shape index (κ2) is 9.00. The summed E-state index contributed by atoms with van der Waals surface area (Å²) in [7, 11) is 4.02. The molecule has 1 heterocycles. The molecule has 2 fully saturated rings. The van der Waals surface area contributed by atoms with E-state index in [-0.39, 0.29) is 24.0 Å². The topological polar surface area (TPSA) is 36.9 Å². The summed E-state index contributed by atoms with van der Waals surface area (Å²) in [5, 5.41) is 3.47. The minimum atomic E-state index is 0. The molecular formula is C14H28IN3O. The maximum Gasteiger partial charge on any atom is 0.193 e. The molecule has 112 valence electrons. The van der Waals surface area contributed by atoms with Crippen molar-refractivity contribution in [1.29, 1.82) is 0 Å². The molecule has 0 atom stereocenters. The van der Waals surface area contributed by atoms with Crippen LogP contribution in [0.4, 0.5) is 0 Å². The lowest BCUT2D eigenvalue weighted by atomic mass is 9.96. The molecular weight excluding hydrogens is 353 g/mol. The van der Waals surface area contributed by atoms with E-state index in [1.54, 1.807) is 0 Å². The number of aliphatic imine (C=N–C) groups is 1. The predicted molar refractivity (Wildman–Crippen MR) is 90.3 cm³/mol. The monoisotopic (exact) mass is 381 g/mol. The van der Waals surface area contributed by atoms with E-state index in [0.717, 1.165) is 44.1 Å². The standard InChI is InChI=1S/C14H27N3O.HI/c1-15-14(16-11-13-3-4-13)17(2)8-5-12-6-9-18-10-7-12;/h12-13H,3-11H2,1-2H3,(H,15,16);1H. The van der Waals surface area contributed by atoms with Crippen LogP contribution < -0.4 is 5.32 Å². The molecule has 0 spiro atoms. The molecule has 5 heteroatoms. The minimum absolute atomic E-state index is 0. The van der Waals surface area contributed by atoms with E-state index >= 15 is 0 Å². The highest BCUT2D eigenvalue weighted by molar-refractivity contribution is 14.0. The number of halogens is 1. The Labute approximate surface area is 134 Å². The zero-order valence-corrected chi connectivity index (χ0v) is 14.6. The fourth-order valence-electron chi connectivity index (χ4n) is 2.46. The molecule has 1 saturated carbocycles. The first-order chi connectivity index (χ1) is 8.79. The highest BCUT2D eigenvalue weighted by Crippen LogP contribution is 2.27. The Hall–Kier alpha value is -0.0400. The fourth-order valence-corrected chi connectivity index (χ4v) is 2.46. The van der Waals surface area contributed by atoms with Crippen LogP contribution in [-0.4, -0.2) is 51.3 Å². The van der Waals surface area contributed by atoms with E-state index in [1.807, 2.05) is 7.05 Å². The van der Waals surface area contributed by atoms with Crippen LogP contribution in [0, 0.1) is 11.8 Å². The zero-order valence-electron chi connectivity index (χ0n) is 12.2. The predicted octanol–water partition coefficient (Wildman–Crippen LogP) is 2.34. The molecule has 1 N–H and O–H groups in total. The van der Waals surface area contributed by atoms with Crippen molar-refractivity contribution in [2.75, 3.05) is 40.4 Å². The number of hydrogen-bond acceptors (Lipinski definition) is 2. The zero-order chi connectivity index (χ0) is 12.8. The molecule has 19 heavy (non-hydrogen) atoms. The van der Waals surface area contributed by atoms with Gasteiger partial charge in [0.25, 0.3) is 0 Å². The van der Waals surface area contributed by atoms with Gasteiger partial charge in [0.15, 0.2) is 5.96 Å². The Balaban J connectivity index is 0.00000180. The third-order valence-corrected chi connectivity index (χ3v) is 4.03. The SMILES string of the molecule is CN=C(NCC1CC1)N(C)CCC1CCOCC1.I. The lowest BCUT2D eigenvalue weighted by Crippen LogP contribution is -2.40. The van der Waals surface area contributed by atoms with Crippen molar-refractivity contribution in [3.63, 3.8) is 0 Å². The van der Waals surface area contributed by atoms with Gasteiger partial charge >= 0.3 is 0 Å². The number of nitrogens with one attached hydrogen (secondary N) is 1. The van der Waals surface area contributed by atoms with Crippen molar-refractivity contribution in [2.24, 2.45) is 16.8 Å². The Kier molecular flexibility index (Phi) is 8.06. The molecule has 1 aliphatic heterocycles. The maximum atomic E-state index is 5.40. The van der Waals surface area contributed by atoms with E-state index in [1.165, 1.54) is 32.1 Å². The van der Waals surface area contributed by atoms with Gasteiger partial charge in [-0.15, -0.1) is 24.0 Å². The summed E-state index contributed by atoms with van der Waals surface area (Å²) < 4.78 is 5.40. The summed E-state index contributed by atoms with van der Waals surface area (Å²) in [5.41, 5.74) is 0. The summed E-state index contributed by atoms with van der Waals surface area (Å²) in [6.07, 6.45) is 6.47. The Morgan fingerprint density at radius 3 is 2.47 bits per heavy atom. The molecule has 0 unspecified atom stereocenters. The van der Waals surface area contributed by atoms with Gasteiger partial charge in [0.05, 0.1) is 0 Å². The number of nitrogens with zero attached hydrogens (tertiary/aromatic N) is 2. The van der Waals surface area contributed by atoms with Crippen molar-refractivity contribution in [3.05, 3.63) is 0 Å². The summed E-state index contributed by atoms with van der Waals surface area (Å²) in [6.45, 7) is 4.08. The van der Waals surface area contributed by atoms with Gasteiger partial charge in [-0.2, -0.15) is 0 Å². The number of guanidine groups is 1. The van der Waals surface area contributed by atoms with Gasteiger partial charge in [0.2, 0.25) is 0 Å². The summed E-state index contributed by atoms with van der Waals surface area (Å²) in [6, 6.07) is 0. The van der Waals surface area contributed by atoms with Crippen molar-refractivity contribution >= 4 is 29.9 Å². The van der Waals surface area contributed by atoms with Crippen molar-refractivity contribution in [1.82, 2.24) is 10.2 Å².